The van der Waals surface area contributed by atoms with Gasteiger partial charge in [-0.3, -0.25) is 9.78 Å². The van der Waals surface area contributed by atoms with Crippen molar-refractivity contribution in [2.75, 3.05) is 33.4 Å². The number of ether oxygens (including phenoxy) is 2. The monoisotopic (exact) mass is 369 g/mol. The molecule has 1 aromatic rings. The SMILES string of the molecule is CN(CC(=O)N1CCCCC1C1OCCO1)S(=O)(=O)c1cccnc1. The zero-order valence-electron chi connectivity index (χ0n) is 14.2. The zero-order chi connectivity index (χ0) is 17.9. The standard InChI is InChI=1S/C16H23N3O5S/c1-18(25(21,22)13-5-4-7-17-11-13)12-15(20)19-8-3-2-6-14(19)16-23-9-10-24-16/h4-5,7,11,14,16H,2-3,6,8-10,12H2,1H3. The second-order valence-electron chi connectivity index (χ2n) is 6.21. The fraction of sp³-hybridized carbons (Fsp3) is 0.625. The van der Waals surface area contributed by atoms with Gasteiger partial charge in [-0.05, 0) is 31.4 Å². The molecule has 0 radical (unpaired) electrons. The van der Waals surface area contributed by atoms with Crippen molar-refractivity contribution in [2.24, 2.45) is 0 Å². The largest absolute Gasteiger partial charge is 0.348 e. The summed E-state index contributed by atoms with van der Waals surface area (Å²) < 4.78 is 37.3. The van der Waals surface area contributed by atoms with Gasteiger partial charge in [-0.2, -0.15) is 4.31 Å². The molecule has 0 aliphatic carbocycles. The first-order valence-corrected chi connectivity index (χ1v) is 9.83. The summed E-state index contributed by atoms with van der Waals surface area (Å²) in [6.45, 7) is 1.42. The minimum Gasteiger partial charge on any atom is -0.348 e. The van der Waals surface area contributed by atoms with Crippen molar-refractivity contribution < 1.29 is 22.7 Å². The minimum atomic E-state index is -3.75. The number of sulfonamides is 1. The Labute approximate surface area is 147 Å². The summed E-state index contributed by atoms with van der Waals surface area (Å²) in [5.74, 6) is -0.237. The number of likely N-dealkylation sites (tertiary alicyclic amines) is 1. The molecule has 2 aliphatic heterocycles. The van der Waals surface area contributed by atoms with E-state index in [0.29, 0.717) is 19.8 Å². The van der Waals surface area contributed by atoms with Crippen molar-refractivity contribution in [3.63, 3.8) is 0 Å². The van der Waals surface area contributed by atoms with E-state index in [-0.39, 0.29) is 23.4 Å². The van der Waals surface area contributed by atoms with E-state index in [4.69, 9.17) is 9.47 Å². The summed E-state index contributed by atoms with van der Waals surface area (Å²) in [6, 6.07) is 2.86. The van der Waals surface area contributed by atoms with Crippen LogP contribution in [0.3, 0.4) is 0 Å². The molecule has 8 nitrogen and oxygen atoms in total. The van der Waals surface area contributed by atoms with Gasteiger partial charge in [0.25, 0.3) is 0 Å². The molecular weight excluding hydrogens is 346 g/mol. The average molecular weight is 369 g/mol. The number of carbonyl (C=O) groups excluding carboxylic acids is 1. The molecule has 1 unspecified atom stereocenters. The molecule has 1 atom stereocenters. The Hall–Kier alpha value is -1.55. The lowest BCUT2D eigenvalue weighted by atomic mass is 10.0. The Morgan fingerprint density at radius 3 is 2.80 bits per heavy atom. The third kappa shape index (κ3) is 4.00. The third-order valence-electron chi connectivity index (χ3n) is 4.53. The highest BCUT2D eigenvalue weighted by atomic mass is 32.2. The Bertz CT molecular complexity index is 691. The number of nitrogens with zero attached hydrogens (tertiary/aromatic N) is 3. The molecule has 3 rings (SSSR count). The van der Waals surface area contributed by atoms with E-state index in [1.165, 1.54) is 25.5 Å². The lowest BCUT2D eigenvalue weighted by Crippen LogP contribution is -2.53. The van der Waals surface area contributed by atoms with Gasteiger partial charge < -0.3 is 14.4 Å². The molecule has 138 valence electrons. The molecule has 2 saturated heterocycles. The molecule has 0 N–H and O–H groups in total. The highest BCUT2D eigenvalue weighted by molar-refractivity contribution is 7.89. The first-order valence-electron chi connectivity index (χ1n) is 8.39. The maximum Gasteiger partial charge on any atom is 0.244 e. The quantitative estimate of drug-likeness (QED) is 0.749. The van der Waals surface area contributed by atoms with Crippen LogP contribution in [0.2, 0.25) is 0 Å². The number of likely N-dealkylation sites (N-methyl/N-ethyl adjacent to an activating group) is 1. The fourth-order valence-electron chi connectivity index (χ4n) is 3.19. The fourth-order valence-corrected chi connectivity index (χ4v) is 4.28. The summed E-state index contributed by atoms with van der Waals surface area (Å²) in [6.07, 6.45) is 5.07. The van der Waals surface area contributed by atoms with Crippen LogP contribution in [0.15, 0.2) is 29.4 Å². The highest BCUT2D eigenvalue weighted by Crippen LogP contribution is 2.25. The van der Waals surface area contributed by atoms with Crippen LogP contribution in [0.4, 0.5) is 0 Å². The van der Waals surface area contributed by atoms with Gasteiger partial charge in [-0.25, -0.2) is 8.42 Å². The first kappa shape index (κ1) is 18.2. The van der Waals surface area contributed by atoms with Crippen LogP contribution in [-0.2, 0) is 24.3 Å². The molecule has 3 heterocycles. The maximum atomic E-state index is 12.7. The Kier molecular flexibility index (Phi) is 5.67. The minimum absolute atomic E-state index is 0.0722. The Morgan fingerprint density at radius 1 is 1.36 bits per heavy atom. The van der Waals surface area contributed by atoms with Crippen LogP contribution < -0.4 is 0 Å². The number of aromatic nitrogens is 1. The normalized spacial score (nSPS) is 22.5. The topological polar surface area (TPSA) is 89.0 Å². The van der Waals surface area contributed by atoms with Gasteiger partial charge in [0.1, 0.15) is 4.90 Å². The van der Waals surface area contributed by atoms with Gasteiger partial charge in [-0.1, -0.05) is 0 Å². The lowest BCUT2D eigenvalue weighted by Gasteiger charge is -2.38. The number of hydrogen-bond acceptors (Lipinski definition) is 6. The summed E-state index contributed by atoms with van der Waals surface area (Å²) in [7, 11) is -2.34. The smallest absolute Gasteiger partial charge is 0.244 e. The molecule has 2 aliphatic rings. The molecule has 1 aromatic heterocycles. The molecule has 0 bridgehead atoms. The van der Waals surface area contributed by atoms with Crippen LogP contribution in [0, 0.1) is 0 Å². The van der Waals surface area contributed by atoms with Crippen LogP contribution in [0.5, 0.6) is 0 Å². The van der Waals surface area contributed by atoms with E-state index >= 15 is 0 Å². The number of hydrogen-bond donors (Lipinski definition) is 0. The molecular formula is C16H23N3O5S. The predicted molar refractivity (Wildman–Crippen MR) is 89.1 cm³/mol. The maximum absolute atomic E-state index is 12.7. The molecule has 1 amide bonds. The van der Waals surface area contributed by atoms with E-state index in [0.717, 1.165) is 23.6 Å². The van der Waals surface area contributed by atoms with Gasteiger partial charge in [0, 0.05) is 26.0 Å². The van der Waals surface area contributed by atoms with Crippen LogP contribution in [-0.4, -0.2) is 74.2 Å². The third-order valence-corrected chi connectivity index (χ3v) is 6.32. The number of piperidine rings is 1. The van der Waals surface area contributed by atoms with Gasteiger partial charge in [0.2, 0.25) is 15.9 Å². The predicted octanol–water partition coefficient (Wildman–Crippen LogP) is 0.456. The lowest BCUT2D eigenvalue weighted by molar-refractivity contribution is -0.150. The van der Waals surface area contributed by atoms with Crippen molar-refractivity contribution in [3.05, 3.63) is 24.5 Å². The van der Waals surface area contributed by atoms with E-state index in [9.17, 15) is 13.2 Å². The molecule has 9 heteroatoms. The molecule has 2 fully saturated rings. The van der Waals surface area contributed by atoms with Crippen LogP contribution >= 0.6 is 0 Å². The summed E-state index contributed by atoms with van der Waals surface area (Å²) in [5.41, 5.74) is 0. The number of pyridine rings is 1. The summed E-state index contributed by atoms with van der Waals surface area (Å²) in [4.78, 5) is 18.4. The van der Waals surface area contributed by atoms with E-state index in [2.05, 4.69) is 4.98 Å². The summed E-state index contributed by atoms with van der Waals surface area (Å²) in [5, 5.41) is 0. The second kappa shape index (κ2) is 7.77. The van der Waals surface area contributed by atoms with Gasteiger partial charge in [0.05, 0.1) is 25.8 Å². The van der Waals surface area contributed by atoms with Crippen molar-refractivity contribution in [1.29, 1.82) is 0 Å². The number of amides is 1. The molecule has 0 aromatic carbocycles. The average Bonchev–Trinajstić information content (AvgIpc) is 3.17. The van der Waals surface area contributed by atoms with Crippen LogP contribution in [0.25, 0.3) is 0 Å². The second-order valence-corrected chi connectivity index (χ2v) is 8.25. The van der Waals surface area contributed by atoms with E-state index in [1.54, 1.807) is 11.0 Å². The molecule has 0 saturated carbocycles. The van der Waals surface area contributed by atoms with Crippen molar-refractivity contribution in [2.45, 2.75) is 36.5 Å². The van der Waals surface area contributed by atoms with Gasteiger partial charge >= 0.3 is 0 Å². The van der Waals surface area contributed by atoms with E-state index in [1.807, 2.05) is 0 Å². The first-order chi connectivity index (χ1) is 12.0. The van der Waals surface area contributed by atoms with Crippen molar-refractivity contribution in [3.8, 4) is 0 Å². The summed E-state index contributed by atoms with van der Waals surface area (Å²) >= 11 is 0. The molecule has 0 spiro atoms. The Balaban J connectivity index is 1.69. The van der Waals surface area contributed by atoms with Crippen molar-refractivity contribution in [1.82, 2.24) is 14.2 Å². The molecule has 25 heavy (non-hydrogen) atoms. The number of carbonyl (C=O) groups is 1. The highest BCUT2D eigenvalue weighted by Gasteiger charge is 2.37. The van der Waals surface area contributed by atoms with Crippen LogP contribution in [0.1, 0.15) is 19.3 Å². The van der Waals surface area contributed by atoms with E-state index < -0.39 is 16.3 Å². The Morgan fingerprint density at radius 2 is 2.12 bits per heavy atom. The van der Waals surface area contributed by atoms with Gasteiger partial charge in [-0.15, -0.1) is 0 Å². The van der Waals surface area contributed by atoms with Crippen molar-refractivity contribution >= 4 is 15.9 Å². The zero-order valence-corrected chi connectivity index (χ0v) is 15.0. The van der Waals surface area contributed by atoms with Gasteiger partial charge in [0.15, 0.2) is 6.29 Å². The number of rotatable bonds is 5.